The Morgan fingerprint density at radius 1 is 0.804 bits per heavy atom. The summed E-state index contributed by atoms with van der Waals surface area (Å²) in [4.78, 5) is 27.3. The van der Waals surface area contributed by atoms with Gasteiger partial charge in [-0.2, -0.15) is 0 Å². The first-order valence-corrected chi connectivity index (χ1v) is 15.2. The van der Waals surface area contributed by atoms with Crippen LogP contribution in [0.5, 0.6) is 11.5 Å². The average molecular weight is 664 g/mol. The van der Waals surface area contributed by atoms with Gasteiger partial charge in [0, 0.05) is 10.8 Å². The Bertz CT molecular complexity index is 1850. The Kier molecular flexibility index (Phi) is 10.8. The first-order chi connectivity index (χ1) is 21.1. The fraction of sp³-hybridized carbons (Fsp3) is 0.297. The van der Waals surface area contributed by atoms with Crippen LogP contribution in [0.25, 0.3) is 21.7 Å². The zero-order valence-corrected chi connectivity index (χ0v) is 27.8. The van der Waals surface area contributed by atoms with Gasteiger partial charge in [0.15, 0.2) is 11.5 Å². The van der Waals surface area contributed by atoms with E-state index >= 15 is 0 Å². The van der Waals surface area contributed by atoms with Gasteiger partial charge in [-0.05, 0) is 72.3 Å². The van der Waals surface area contributed by atoms with E-state index in [4.69, 9.17) is 25.4 Å². The molecule has 6 rings (SSSR count). The van der Waals surface area contributed by atoms with E-state index in [1.54, 1.807) is 6.26 Å². The topological polar surface area (TPSA) is 118 Å². The molecular weight excluding hydrogens is 623 g/mol. The van der Waals surface area contributed by atoms with Crippen LogP contribution < -0.4 is 20.9 Å². The van der Waals surface area contributed by atoms with E-state index in [9.17, 15) is 9.59 Å². The number of benzene rings is 4. The second kappa shape index (κ2) is 14.3. The minimum absolute atomic E-state index is 0. The van der Waals surface area contributed by atoms with Crippen molar-refractivity contribution < 1.29 is 23.5 Å². The van der Waals surface area contributed by atoms with E-state index in [-0.39, 0.29) is 41.7 Å². The van der Waals surface area contributed by atoms with Crippen LogP contribution in [-0.4, -0.2) is 24.0 Å². The summed E-state index contributed by atoms with van der Waals surface area (Å²) in [6.45, 7) is 6.31. The fourth-order valence-corrected chi connectivity index (χ4v) is 6.43. The summed E-state index contributed by atoms with van der Waals surface area (Å²) >= 11 is 0. The maximum absolute atomic E-state index is 13.7. The standard InChI is InChI=1S/C37H38N2O5.2ClH/c1-22-21-42-32-26-16-17-27-25(15-10-18-37(27,2)3)31(26)34(44-36(41)29(39)20-24-13-8-5-9-14-24)33(30(22)32)43-35(40)28(38)19-23-11-6-4-7-12-23;;/h4-9,11-14,16-17,21,28-29H,10,15,18-20,38-39H2,1-3H3;2*1H. The van der Waals surface area contributed by atoms with Gasteiger partial charge < -0.3 is 25.4 Å². The molecule has 0 aliphatic heterocycles. The molecule has 0 saturated carbocycles. The van der Waals surface area contributed by atoms with Crippen molar-refractivity contribution in [2.75, 3.05) is 0 Å². The largest absolute Gasteiger partial charge is 0.463 e. The molecule has 0 fully saturated rings. The van der Waals surface area contributed by atoms with Gasteiger partial charge >= 0.3 is 11.9 Å². The molecule has 46 heavy (non-hydrogen) atoms. The van der Waals surface area contributed by atoms with Gasteiger partial charge in [0.2, 0.25) is 0 Å². The summed E-state index contributed by atoms with van der Waals surface area (Å²) in [5, 5.41) is 2.06. The highest BCUT2D eigenvalue weighted by Gasteiger charge is 2.34. The highest BCUT2D eigenvalue weighted by Crippen LogP contribution is 2.50. The third-order valence-electron chi connectivity index (χ3n) is 8.76. The number of ether oxygens (including phenoxy) is 2. The third-order valence-corrected chi connectivity index (χ3v) is 8.76. The molecule has 1 aliphatic carbocycles. The summed E-state index contributed by atoms with van der Waals surface area (Å²) < 4.78 is 18.5. The van der Waals surface area contributed by atoms with Crippen LogP contribution in [0.2, 0.25) is 0 Å². The van der Waals surface area contributed by atoms with E-state index in [1.807, 2.05) is 73.7 Å². The van der Waals surface area contributed by atoms with Crippen LogP contribution in [0.1, 0.15) is 54.5 Å². The second-order valence-corrected chi connectivity index (χ2v) is 12.5. The van der Waals surface area contributed by atoms with Crippen LogP contribution in [0, 0.1) is 6.92 Å². The van der Waals surface area contributed by atoms with Crippen molar-refractivity contribution in [2.45, 2.75) is 70.4 Å². The Hall–Kier alpha value is -3.88. The molecule has 242 valence electrons. The molecule has 1 aromatic heterocycles. The average Bonchev–Trinajstić information content (AvgIpc) is 3.40. The van der Waals surface area contributed by atoms with Gasteiger partial charge in [0.05, 0.1) is 11.6 Å². The summed E-state index contributed by atoms with van der Waals surface area (Å²) in [6, 6.07) is 21.4. The van der Waals surface area contributed by atoms with Crippen molar-refractivity contribution in [3.8, 4) is 11.5 Å². The summed E-state index contributed by atoms with van der Waals surface area (Å²) in [5.41, 5.74) is 18.1. The molecule has 5 aromatic rings. The normalized spacial score (nSPS) is 14.8. The Morgan fingerprint density at radius 2 is 1.33 bits per heavy atom. The minimum atomic E-state index is -0.942. The molecule has 1 heterocycles. The molecule has 1 aliphatic rings. The van der Waals surface area contributed by atoms with Crippen molar-refractivity contribution >= 4 is 58.5 Å². The Labute approximate surface area is 281 Å². The van der Waals surface area contributed by atoms with E-state index in [0.29, 0.717) is 29.2 Å². The summed E-state index contributed by atoms with van der Waals surface area (Å²) in [6.07, 6.45) is 4.99. The van der Waals surface area contributed by atoms with E-state index in [0.717, 1.165) is 46.9 Å². The van der Waals surface area contributed by atoms with Crippen LogP contribution in [0.3, 0.4) is 0 Å². The predicted molar refractivity (Wildman–Crippen MR) is 186 cm³/mol. The molecule has 0 bridgehead atoms. The lowest BCUT2D eigenvalue weighted by Crippen LogP contribution is -2.37. The molecule has 0 radical (unpaired) electrons. The molecule has 9 heteroatoms. The lowest BCUT2D eigenvalue weighted by atomic mass is 9.71. The summed E-state index contributed by atoms with van der Waals surface area (Å²) in [7, 11) is 0. The molecule has 7 nitrogen and oxygen atoms in total. The van der Waals surface area contributed by atoms with Crippen LogP contribution >= 0.6 is 24.8 Å². The monoisotopic (exact) mass is 662 g/mol. The molecule has 0 spiro atoms. The number of fused-ring (bicyclic) bond motifs is 5. The zero-order valence-electron chi connectivity index (χ0n) is 26.2. The SMILES string of the molecule is Cc1coc2c1c(OC(=O)C(N)Cc1ccccc1)c(OC(=O)C(N)Cc1ccccc1)c1c3c(ccc12)C(C)(C)CCC3.Cl.Cl. The lowest BCUT2D eigenvalue weighted by molar-refractivity contribution is -0.138. The number of carbonyl (C=O) groups is 2. The third kappa shape index (κ3) is 6.79. The quantitative estimate of drug-likeness (QED) is 0.132. The number of furan rings is 1. The number of aryl methyl sites for hydroxylation is 2. The number of hydrogen-bond acceptors (Lipinski definition) is 7. The van der Waals surface area contributed by atoms with E-state index < -0.39 is 24.0 Å². The van der Waals surface area contributed by atoms with E-state index in [1.165, 1.54) is 5.56 Å². The Morgan fingerprint density at radius 3 is 1.87 bits per heavy atom. The molecule has 0 amide bonds. The number of carbonyl (C=O) groups excluding carboxylic acids is 2. The first kappa shape index (κ1) is 35.0. The van der Waals surface area contributed by atoms with Crippen molar-refractivity contribution in [3.05, 3.63) is 107 Å². The number of halogens is 2. The highest BCUT2D eigenvalue weighted by atomic mass is 35.5. The highest BCUT2D eigenvalue weighted by molar-refractivity contribution is 6.15. The fourth-order valence-electron chi connectivity index (χ4n) is 6.43. The molecule has 4 N–H and O–H groups in total. The first-order valence-electron chi connectivity index (χ1n) is 15.2. The molecule has 4 aromatic carbocycles. The maximum atomic E-state index is 13.7. The summed E-state index contributed by atoms with van der Waals surface area (Å²) in [5.74, 6) is -0.940. The second-order valence-electron chi connectivity index (χ2n) is 12.5. The minimum Gasteiger partial charge on any atom is -0.463 e. The van der Waals surface area contributed by atoms with Gasteiger partial charge in [-0.15, -0.1) is 24.8 Å². The van der Waals surface area contributed by atoms with Gasteiger partial charge in [-0.1, -0.05) is 86.6 Å². The maximum Gasteiger partial charge on any atom is 0.328 e. The molecular formula is C37H40Cl2N2O5. The van der Waals surface area contributed by atoms with Gasteiger partial charge in [0.25, 0.3) is 0 Å². The number of hydrogen-bond donors (Lipinski definition) is 2. The van der Waals surface area contributed by atoms with Gasteiger partial charge in [0.1, 0.15) is 17.7 Å². The van der Waals surface area contributed by atoms with Crippen molar-refractivity contribution in [1.29, 1.82) is 0 Å². The van der Waals surface area contributed by atoms with Crippen LogP contribution in [0.4, 0.5) is 0 Å². The lowest BCUT2D eigenvalue weighted by Gasteiger charge is -2.34. The zero-order chi connectivity index (χ0) is 31.0. The van der Waals surface area contributed by atoms with Crippen LogP contribution in [0.15, 0.2) is 83.5 Å². The number of rotatable bonds is 8. The van der Waals surface area contributed by atoms with Gasteiger partial charge in [-0.3, -0.25) is 0 Å². The molecule has 0 saturated heterocycles. The molecule has 2 unspecified atom stereocenters. The van der Waals surface area contributed by atoms with E-state index in [2.05, 4.69) is 19.9 Å². The smallest absolute Gasteiger partial charge is 0.328 e. The molecule has 2 atom stereocenters. The van der Waals surface area contributed by atoms with Crippen molar-refractivity contribution in [3.63, 3.8) is 0 Å². The Balaban J connectivity index is 0.00000240. The number of nitrogens with two attached hydrogens (primary N) is 2. The van der Waals surface area contributed by atoms with Crippen molar-refractivity contribution in [1.82, 2.24) is 0 Å². The number of esters is 2. The van der Waals surface area contributed by atoms with Crippen molar-refractivity contribution in [2.24, 2.45) is 11.5 Å². The van der Waals surface area contributed by atoms with Crippen LogP contribution in [-0.2, 0) is 34.3 Å². The predicted octanol–water partition coefficient (Wildman–Crippen LogP) is 7.30. The van der Waals surface area contributed by atoms with Gasteiger partial charge in [-0.25, -0.2) is 9.59 Å².